The van der Waals surface area contributed by atoms with Crippen molar-refractivity contribution in [3.63, 3.8) is 0 Å². The van der Waals surface area contributed by atoms with E-state index in [1.165, 1.54) is 18.5 Å². The first kappa shape index (κ1) is 12.0. The van der Waals surface area contributed by atoms with E-state index < -0.39 is 0 Å². The third kappa shape index (κ3) is 2.17. The van der Waals surface area contributed by atoms with E-state index >= 15 is 0 Å². The molecule has 0 saturated heterocycles. The fourth-order valence-corrected chi connectivity index (χ4v) is 2.03. The molecule has 2 heterocycles. The van der Waals surface area contributed by atoms with Crippen molar-refractivity contribution in [1.29, 1.82) is 0 Å². The van der Waals surface area contributed by atoms with E-state index in [4.69, 9.17) is 4.74 Å². The van der Waals surface area contributed by atoms with Gasteiger partial charge in [-0.15, -0.1) is 0 Å². The van der Waals surface area contributed by atoms with Crippen LogP contribution in [0.2, 0.25) is 0 Å². The average Bonchev–Trinajstić information content (AvgIpc) is 2.77. The molecule has 0 N–H and O–H groups in total. The van der Waals surface area contributed by atoms with Crippen molar-refractivity contribution in [3.8, 4) is 11.6 Å². The summed E-state index contributed by atoms with van der Waals surface area (Å²) in [5, 5.41) is 4.79. The number of rotatable bonds is 2. The zero-order valence-electron chi connectivity index (χ0n) is 9.84. The Morgan fingerprint density at radius 2 is 2.16 bits per heavy atom. The number of halogens is 2. The predicted octanol–water partition coefficient (Wildman–Crippen LogP) is 3.06. The molecule has 2 aromatic heterocycles. The van der Waals surface area contributed by atoms with E-state index in [9.17, 15) is 4.39 Å². The van der Waals surface area contributed by atoms with Gasteiger partial charge in [0.05, 0.1) is 10.7 Å². The van der Waals surface area contributed by atoms with Gasteiger partial charge in [-0.2, -0.15) is 5.10 Å². The Kier molecular flexibility index (Phi) is 2.90. The van der Waals surface area contributed by atoms with Gasteiger partial charge in [-0.05, 0) is 34.1 Å². The molecule has 0 fully saturated rings. The highest BCUT2D eigenvalue weighted by Crippen LogP contribution is 2.28. The lowest BCUT2D eigenvalue weighted by Crippen LogP contribution is -1.94. The maximum absolute atomic E-state index is 13.2. The molecule has 96 valence electrons. The van der Waals surface area contributed by atoms with Gasteiger partial charge in [0.1, 0.15) is 23.3 Å². The summed E-state index contributed by atoms with van der Waals surface area (Å²) in [6.45, 7) is 0. The fourth-order valence-electron chi connectivity index (χ4n) is 1.67. The van der Waals surface area contributed by atoms with Gasteiger partial charge in [-0.1, -0.05) is 0 Å². The van der Waals surface area contributed by atoms with Gasteiger partial charge < -0.3 is 4.74 Å². The summed E-state index contributed by atoms with van der Waals surface area (Å²) in [6.07, 6.45) is 3.03. The Bertz CT molecular complexity index is 759. The van der Waals surface area contributed by atoms with Crippen molar-refractivity contribution in [2.45, 2.75) is 0 Å². The second kappa shape index (κ2) is 4.58. The second-order valence-corrected chi connectivity index (χ2v) is 4.72. The molecule has 0 aliphatic heterocycles. The van der Waals surface area contributed by atoms with Crippen molar-refractivity contribution in [1.82, 2.24) is 19.7 Å². The van der Waals surface area contributed by atoms with Crippen LogP contribution in [-0.2, 0) is 7.05 Å². The monoisotopic (exact) mass is 322 g/mol. The van der Waals surface area contributed by atoms with Gasteiger partial charge in [-0.3, -0.25) is 4.68 Å². The van der Waals surface area contributed by atoms with Crippen molar-refractivity contribution in [2.24, 2.45) is 7.05 Å². The number of benzene rings is 1. The SMILES string of the molecule is Cn1ncc2c(Oc3ccc(F)c(Br)c3)ncnc21. The summed E-state index contributed by atoms with van der Waals surface area (Å²) in [4.78, 5) is 8.19. The molecule has 0 radical (unpaired) electrons. The Balaban J connectivity index is 2.03. The van der Waals surface area contributed by atoms with Crippen LogP contribution >= 0.6 is 15.9 Å². The highest BCUT2D eigenvalue weighted by molar-refractivity contribution is 9.10. The lowest BCUT2D eigenvalue weighted by atomic mass is 10.3. The van der Waals surface area contributed by atoms with Crippen LogP contribution in [0.1, 0.15) is 0 Å². The molecule has 0 saturated carbocycles. The topological polar surface area (TPSA) is 52.8 Å². The third-order valence-corrected chi connectivity index (χ3v) is 3.21. The van der Waals surface area contributed by atoms with E-state index in [0.29, 0.717) is 27.1 Å². The van der Waals surface area contributed by atoms with Crippen molar-refractivity contribution in [3.05, 3.63) is 41.0 Å². The molecule has 0 unspecified atom stereocenters. The van der Waals surface area contributed by atoms with E-state index in [1.54, 1.807) is 24.0 Å². The first-order valence-corrected chi connectivity index (χ1v) is 6.20. The number of hydrogen-bond donors (Lipinski definition) is 0. The van der Waals surface area contributed by atoms with Crippen LogP contribution < -0.4 is 4.74 Å². The molecule has 1 aromatic carbocycles. The van der Waals surface area contributed by atoms with Gasteiger partial charge in [0, 0.05) is 7.05 Å². The van der Waals surface area contributed by atoms with E-state index in [1.807, 2.05) is 0 Å². The van der Waals surface area contributed by atoms with Crippen LogP contribution in [-0.4, -0.2) is 19.7 Å². The van der Waals surface area contributed by atoms with Gasteiger partial charge in [0.15, 0.2) is 5.65 Å². The maximum atomic E-state index is 13.2. The summed E-state index contributed by atoms with van der Waals surface area (Å²) in [7, 11) is 1.79. The molecule has 0 spiro atoms. The Morgan fingerprint density at radius 3 is 2.95 bits per heavy atom. The Hall–Kier alpha value is -2.02. The van der Waals surface area contributed by atoms with Crippen LogP contribution in [0, 0.1) is 5.82 Å². The van der Waals surface area contributed by atoms with Crippen LogP contribution in [0.5, 0.6) is 11.6 Å². The number of aromatic nitrogens is 4. The molecular formula is C12H8BrFN4O. The zero-order chi connectivity index (χ0) is 13.4. The lowest BCUT2D eigenvalue weighted by molar-refractivity contribution is 0.465. The first-order chi connectivity index (χ1) is 9.15. The van der Waals surface area contributed by atoms with Gasteiger partial charge in [-0.25, -0.2) is 14.4 Å². The van der Waals surface area contributed by atoms with Crippen LogP contribution in [0.15, 0.2) is 35.2 Å². The molecule has 0 amide bonds. The summed E-state index contributed by atoms with van der Waals surface area (Å²) < 4.78 is 20.8. The first-order valence-electron chi connectivity index (χ1n) is 5.41. The minimum absolute atomic E-state index is 0.335. The quantitative estimate of drug-likeness (QED) is 0.727. The van der Waals surface area contributed by atoms with Crippen molar-refractivity contribution in [2.75, 3.05) is 0 Å². The Morgan fingerprint density at radius 1 is 1.32 bits per heavy atom. The van der Waals surface area contributed by atoms with Crippen LogP contribution in [0.25, 0.3) is 11.0 Å². The maximum Gasteiger partial charge on any atom is 0.233 e. The number of hydrogen-bond acceptors (Lipinski definition) is 4. The van der Waals surface area contributed by atoms with Gasteiger partial charge >= 0.3 is 0 Å². The fraction of sp³-hybridized carbons (Fsp3) is 0.0833. The number of ether oxygens (including phenoxy) is 1. The lowest BCUT2D eigenvalue weighted by Gasteiger charge is -2.06. The largest absolute Gasteiger partial charge is 0.438 e. The highest BCUT2D eigenvalue weighted by Gasteiger charge is 2.10. The molecule has 0 aliphatic carbocycles. The standard InChI is InChI=1S/C12H8BrFN4O/c1-18-11-8(5-17-18)12(16-6-15-11)19-7-2-3-10(14)9(13)4-7/h2-6H,1H3. The molecule has 3 rings (SSSR count). The minimum Gasteiger partial charge on any atom is -0.438 e. The smallest absolute Gasteiger partial charge is 0.233 e. The van der Waals surface area contributed by atoms with Gasteiger partial charge in [0.25, 0.3) is 0 Å². The van der Waals surface area contributed by atoms with E-state index in [0.717, 1.165) is 0 Å². The van der Waals surface area contributed by atoms with Crippen molar-refractivity contribution < 1.29 is 9.13 Å². The predicted molar refractivity (Wildman–Crippen MR) is 70.5 cm³/mol. The Labute approximate surface area is 116 Å². The summed E-state index contributed by atoms with van der Waals surface area (Å²) in [5.74, 6) is 0.523. The summed E-state index contributed by atoms with van der Waals surface area (Å²) in [6, 6.07) is 4.39. The summed E-state index contributed by atoms with van der Waals surface area (Å²) >= 11 is 3.11. The molecule has 5 nitrogen and oxygen atoms in total. The normalized spacial score (nSPS) is 10.9. The highest BCUT2D eigenvalue weighted by atomic mass is 79.9. The molecule has 7 heteroatoms. The molecule has 3 aromatic rings. The number of nitrogens with zero attached hydrogens (tertiary/aromatic N) is 4. The van der Waals surface area contributed by atoms with Gasteiger partial charge in [0.2, 0.25) is 5.88 Å². The molecule has 19 heavy (non-hydrogen) atoms. The number of aryl methyl sites for hydroxylation is 1. The molecular weight excluding hydrogens is 315 g/mol. The average molecular weight is 323 g/mol. The molecule has 0 aliphatic rings. The second-order valence-electron chi connectivity index (χ2n) is 3.86. The van der Waals surface area contributed by atoms with E-state index in [-0.39, 0.29) is 5.82 Å². The third-order valence-electron chi connectivity index (χ3n) is 2.60. The van der Waals surface area contributed by atoms with Crippen LogP contribution in [0.3, 0.4) is 0 Å². The molecule has 0 bridgehead atoms. The van der Waals surface area contributed by atoms with Crippen LogP contribution in [0.4, 0.5) is 4.39 Å². The molecule has 0 atom stereocenters. The van der Waals surface area contributed by atoms with Crippen molar-refractivity contribution >= 4 is 27.0 Å². The minimum atomic E-state index is -0.346. The zero-order valence-corrected chi connectivity index (χ0v) is 11.4. The summed E-state index contributed by atoms with van der Waals surface area (Å²) in [5.41, 5.74) is 0.672. The van der Waals surface area contributed by atoms with E-state index in [2.05, 4.69) is 31.0 Å². The number of fused-ring (bicyclic) bond motifs is 1.